The third-order valence-corrected chi connectivity index (χ3v) is 2.79. The molecule has 92 valence electrons. The average Bonchev–Trinajstić information content (AvgIpc) is 2.95. The van der Waals surface area contributed by atoms with Gasteiger partial charge in [-0.25, -0.2) is 0 Å². The van der Waals surface area contributed by atoms with E-state index in [1.165, 1.54) is 0 Å². The molecule has 4 nitrogen and oxygen atoms in total. The molecule has 19 heavy (non-hydrogen) atoms. The normalized spacial score (nSPS) is 13.1. The first kappa shape index (κ1) is 11.3. The van der Waals surface area contributed by atoms with Crippen LogP contribution in [-0.2, 0) is 0 Å². The highest BCUT2D eigenvalue weighted by atomic mass is 16.7. The Bertz CT molecular complexity index is 672. The van der Waals surface area contributed by atoms with Crippen LogP contribution < -0.4 is 9.47 Å². The quantitative estimate of drug-likeness (QED) is 0.769. The number of fused-ring (bicyclic) bond motifs is 1. The molecule has 4 heteroatoms. The van der Waals surface area contributed by atoms with Crippen LogP contribution in [0.15, 0.2) is 42.6 Å². The fraction of sp³-hybridized carbons (Fsp3) is 0.0667. The lowest BCUT2D eigenvalue weighted by molar-refractivity contribution is 0.174. The Kier molecular flexibility index (Phi) is 2.87. The van der Waals surface area contributed by atoms with Gasteiger partial charge < -0.3 is 9.47 Å². The van der Waals surface area contributed by atoms with E-state index in [9.17, 15) is 5.26 Å². The van der Waals surface area contributed by atoms with Gasteiger partial charge in [0.25, 0.3) is 0 Å². The lowest BCUT2D eigenvalue weighted by atomic mass is 10.1. The van der Waals surface area contributed by atoms with Crippen LogP contribution >= 0.6 is 0 Å². The summed E-state index contributed by atoms with van der Waals surface area (Å²) in [5.74, 6) is 1.37. The van der Waals surface area contributed by atoms with Crippen LogP contribution in [0.1, 0.15) is 11.3 Å². The number of nitriles is 1. The molecule has 1 aromatic heterocycles. The molecule has 0 saturated carbocycles. The second-order valence-electron chi connectivity index (χ2n) is 3.97. The van der Waals surface area contributed by atoms with Crippen LogP contribution in [0, 0.1) is 11.3 Å². The van der Waals surface area contributed by atoms with Crippen LogP contribution in [0.4, 0.5) is 0 Å². The van der Waals surface area contributed by atoms with Crippen LogP contribution in [0.2, 0.25) is 0 Å². The molecule has 0 atom stereocenters. The van der Waals surface area contributed by atoms with Crippen LogP contribution in [0.5, 0.6) is 11.5 Å². The molecule has 0 saturated heterocycles. The van der Waals surface area contributed by atoms with Crippen molar-refractivity contribution in [1.82, 2.24) is 4.98 Å². The van der Waals surface area contributed by atoms with Gasteiger partial charge in [-0.1, -0.05) is 18.2 Å². The van der Waals surface area contributed by atoms with Crippen LogP contribution in [0.25, 0.3) is 11.6 Å². The molecule has 0 N–H and O–H groups in total. The van der Waals surface area contributed by atoms with E-state index in [1.54, 1.807) is 18.3 Å². The van der Waals surface area contributed by atoms with Gasteiger partial charge in [0.05, 0.1) is 11.3 Å². The third-order valence-electron chi connectivity index (χ3n) is 2.79. The number of hydrogen-bond acceptors (Lipinski definition) is 4. The molecular formula is C15H10N2O2. The highest BCUT2D eigenvalue weighted by Gasteiger charge is 2.16. The van der Waals surface area contributed by atoms with E-state index < -0.39 is 0 Å². The van der Waals surface area contributed by atoms with Gasteiger partial charge >= 0.3 is 0 Å². The largest absolute Gasteiger partial charge is 0.454 e. The zero-order valence-electron chi connectivity index (χ0n) is 10.0. The summed E-state index contributed by atoms with van der Waals surface area (Å²) in [5.41, 5.74) is 1.95. The van der Waals surface area contributed by atoms with Gasteiger partial charge in [-0.05, 0) is 24.3 Å². The summed E-state index contributed by atoms with van der Waals surface area (Å²) in [5, 5.41) is 9.26. The van der Waals surface area contributed by atoms with Gasteiger partial charge in [-0.2, -0.15) is 5.26 Å². The highest BCUT2D eigenvalue weighted by molar-refractivity contribution is 5.89. The molecule has 2 aromatic rings. The number of aromatic nitrogens is 1. The van der Waals surface area contributed by atoms with E-state index in [-0.39, 0.29) is 6.79 Å². The van der Waals surface area contributed by atoms with Crippen molar-refractivity contribution < 1.29 is 9.47 Å². The summed E-state index contributed by atoms with van der Waals surface area (Å²) in [6.07, 6.45) is 3.42. The Morgan fingerprint density at radius 3 is 2.95 bits per heavy atom. The van der Waals surface area contributed by atoms with E-state index in [0.717, 1.165) is 5.56 Å². The van der Waals surface area contributed by atoms with Crippen molar-refractivity contribution >= 4 is 11.6 Å². The first-order valence-corrected chi connectivity index (χ1v) is 5.80. The molecule has 0 spiro atoms. The molecule has 1 aliphatic rings. The van der Waals surface area contributed by atoms with Crippen molar-refractivity contribution in [1.29, 1.82) is 5.26 Å². The molecule has 0 bridgehead atoms. The summed E-state index contributed by atoms with van der Waals surface area (Å²) < 4.78 is 10.7. The SMILES string of the molecule is N#C/C(=C/c1cccc2c1OCO2)c1ccccn1. The lowest BCUT2D eigenvalue weighted by Gasteiger charge is -2.02. The lowest BCUT2D eigenvalue weighted by Crippen LogP contribution is -1.93. The molecule has 0 fully saturated rings. The maximum Gasteiger partial charge on any atom is 0.231 e. The summed E-state index contributed by atoms with van der Waals surface area (Å²) in [4.78, 5) is 4.18. The minimum Gasteiger partial charge on any atom is -0.454 e. The minimum absolute atomic E-state index is 0.214. The van der Waals surface area contributed by atoms with Crippen molar-refractivity contribution in [2.24, 2.45) is 0 Å². The zero-order chi connectivity index (χ0) is 13.1. The van der Waals surface area contributed by atoms with Gasteiger partial charge in [-0.15, -0.1) is 0 Å². The molecule has 1 aliphatic heterocycles. The summed E-state index contributed by atoms with van der Waals surface area (Å²) >= 11 is 0. The number of ether oxygens (including phenoxy) is 2. The van der Waals surface area contributed by atoms with E-state index in [2.05, 4.69) is 11.1 Å². The zero-order valence-corrected chi connectivity index (χ0v) is 10.0. The minimum atomic E-state index is 0.214. The van der Waals surface area contributed by atoms with E-state index >= 15 is 0 Å². The average molecular weight is 250 g/mol. The van der Waals surface area contributed by atoms with Gasteiger partial charge in [0.15, 0.2) is 11.5 Å². The van der Waals surface area contributed by atoms with E-state index in [1.807, 2.05) is 30.3 Å². The van der Waals surface area contributed by atoms with Crippen LogP contribution in [0.3, 0.4) is 0 Å². The van der Waals surface area contributed by atoms with E-state index in [4.69, 9.17) is 9.47 Å². The van der Waals surface area contributed by atoms with Crippen LogP contribution in [-0.4, -0.2) is 11.8 Å². The monoisotopic (exact) mass is 250 g/mol. The molecule has 0 amide bonds. The van der Waals surface area contributed by atoms with Crippen molar-refractivity contribution in [3.8, 4) is 17.6 Å². The molecule has 1 aromatic carbocycles. The molecule has 2 heterocycles. The number of pyridine rings is 1. The Balaban J connectivity index is 2.06. The number of allylic oxidation sites excluding steroid dienone is 1. The number of nitrogens with zero attached hydrogens (tertiary/aromatic N) is 2. The Labute approximate surface area is 110 Å². The second-order valence-corrected chi connectivity index (χ2v) is 3.97. The van der Waals surface area contributed by atoms with Gasteiger partial charge in [0.2, 0.25) is 6.79 Å². The number of para-hydroxylation sites is 1. The first-order chi connectivity index (χ1) is 9.38. The standard InChI is InChI=1S/C15H10N2O2/c16-9-12(13-5-1-2-7-17-13)8-11-4-3-6-14-15(11)19-10-18-14/h1-8H,10H2/b12-8-. The topological polar surface area (TPSA) is 55.1 Å². The number of benzene rings is 1. The maximum absolute atomic E-state index is 9.26. The molecule has 0 unspecified atom stereocenters. The Morgan fingerprint density at radius 2 is 2.16 bits per heavy atom. The van der Waals surface area contributed by atoms with Crippen molar-refractivity contribution in [3.63, 3.8) is 0 Å². The van der Waals surface area contributed by atoms with Crippen molar-refractivity contribution in [2.75, 3.05) is 6.79 Å². The smallest absolute Gasteiger partial charge is 0.231 e. The Morgan fingerprint density at radius 1 is 1.21 bits per heavy atom. The number of hydrogen-bond donors (Lipinski definition) is 0. The fourth-order valence-electron chi connectivity index (χ4n) is 1.91. The summed E-state index contributed by atoms with van der Waals surface area (Å²) in [7, 11) is 0. The van der Waals surface area contributed by atoms with Crippen molar-refractivity contribution in [3.05, 3.63) is 53.9 Å². The number of rotatable bonds is 2. The predicted molar refractivity (Wildman–Crippen MR) is 70.3 cm³/mol. The van der Waals surface area contributed by atoms with E-state index in [0.29, 0.717) is 22.8 Å². The second kappa shape index (κ2) is 4.83. The molecule has 0 aliphatic carbocycles. The first-order valence-electron chi connectivity index (χ1n) is 5.80. The fourth-order valence-corrected chi connectivity index (χ4v) is 1.91. The Hall–Kier alpha value is -2.80. The van der Waals surface area contributed by atoms with Gasteiger partial charge in [0.1, 0.15) is 6.07 Å². The molecular weight excluding hydrogens is 240 g/mol. The summed E-state index contributed by atoms with van der Waals surface area (Å²) in [6, 6.07) is 13.2. The molecule has 3 rings (SSSR count). The highest BCUT2D eigenvalue weighted by Crippen LogP contribution is 2.36. The predicted octanol–water partition coefficient (Wildman–Crippen LogP) is 2.87. The summed E-state index contributed by atoms with van der Waals surface area (Å²) in [6.45, 7) is 0.214. The molecule has 0 radical (unpaired) electrons. The van der Waals surface area contributed by atoms with Gasteiger partial charge in [-0.3, -0.25) is 4.98 Å². The maximum atomic E-state index is 9.26. The third kappa shape index (κ3) is 2.14. The van der Waals surface area contributed by atoms with Gasteiger partial charge in [0, 0.05) is 11.8 Å². The van der Waals surface area contributed by atoms with Crippen molar-refractivity contribution in [2.45, 2.75) is 0 Å².